The van der Waals surface area contributed by atoms with Crippen LogP contribution < -0.4 is 4.74 Å². The molecule has 0 unspecified atom stereocenters. The molecule has 1 fully saturated rings. The molecule has 1 aromatic heterocycles. The average Bonchev–Trinajstić information content (AvgIpc) is 3.17. The van der Waals surface area contributed by atoms with E-state index in [1.165, 1.54) is 30.8 Å². The lowest BCUT2D eigenvalue weighted by Gasteiger charge is -2.23. The minimum Gasteiger partial charge on any atom is -0.430 e. The number of ether oxygens (including phenoxy) is 1. The normalized spacial score (nSPS) is 14.4. The standard InChI is InChI=1S/C23H25ClN4OS/c1-16-12-21(17(2)11-20(16)25-15-28-9-4-3-5-10-28)29-23-26-22(27-30-23)14-18-7-6-8-19(24)13-18/h6-8,11-13,15H,3-5,9-10,14H2,1-2H3. The van der Waals surface area contributed by atoms with Crippen LogP contribution >= 0.6 is 23.1 Å². The summed E-state index contributed by atoms with van der Waals surface area (Å²) >= 11 is 7.32. The highest BCUT2D eigenvalue weighted by atomic mass is 35.5. The second-order valence-electron chi connectivity index (χ2n) is 7.63. The topological polar surface area (TPSA) is 50.6 Å². The predicted molar refractivity (Wildman–Crippen MR) is 124 cm³/mol. The number of piperidine rings is 1. The van der Waals surface area contributed by atoms with E-state index < -0.39 is 0 Å². The van der Waals surface area contributed by atoms with Gasteiger partial charge in [-0.15, -0.1) is 0 Å². The van der Waals surface area contributed by atoms with Gasteiger partial charge in [0.2, 0.25) is 0 Å². The van der Waals surface area contributed by atoms with Gasteiger partial charge in [-0.2, -0.15) is 9.36 Å². The van der Waals surface area contributed by atoms with Crippen LogP contribution in [0.4, 0.5) is 5.69 Å². The molecule has 7 heteroatoms. The van der Waals surface area contributed by atoms with Gasteiger partial charge in [-0.25, -0.2) is 4.99 Å². The molecule has 0 spiro atoms. The molecule has 1 saturated heterocycles. The van der Waals surface area contributed by atoms with Crippen molar-refractivity contribution in [2.75, 3.05) is 13.1 Å². The van der Waals surface area contributed by atoms with E-state index in [1.807, 2.05) is 43.6 Å². The fraction of sp³-hybridized carbons (Fsp3) is 0.348. The second-order valence-corrected chi connectivity index (χ2v) is 8.78. The van der Waals surface area contributed by atoms with Crippen LogP contribution in [0.1, 0.15) is 41.8 Å². The number of aromatic nitrogens is 2. The number of hydrogen-bond acceptors (Lipinski definition) is 5. The molecule has 2 heterocycles. The molecular weight excluding hydrogens is 416 g/mol. The molecule has 0 bridgehead atoms. The van der Waals surface area contributed by atoms with Gasteiger partial charge in [-0.3, -0.25) is 0 Å². The maximum absolute atomic E-state index is 6.06. The quantitative estimate of drug-likeness (QED) is 0.331. The van der Waals surface area contributed by atoms with E-state index in [2.05, 4.69) is 27.2 Å². The summed E-state index contributed by atoms with van der Waals surface area (Å²) in [7, 11) is 0. The van der Waals surface area contributed by atoms with Gasteiger partial charge < -0.3 is 9.64 Å². The number of rotatable bonds is 6. The number of likely N-dealkylation sites (tertiary alicyclic amines) is 1. The maximum atomic E-state index is 6.06. The van der Waals surface area contributed by atoms with Crippen LogP contribution in [-0.2, 0) is 6.42 Å². The largest absolute Gasteiger partial charge is 0.430 e. The van der Waals surface area contributed by atoms with Crippen molar-refractivity contribution >= 4 is 35.2 Å². The predicted octanol–water partition coefficient (Wildman–Crippen LogP) is 6.34. The average molecular weight is 441 g/mol. The highest BCUT2D eigenvalue weighted by Gasteiger charge is 2.12. The molecule has 30 heavy (non-hydrogen) atoms. The third kappa shape index (κ3) is 5.37. The molecule has 0 saturated carbocycles. The number of nitrogens with zero attached hydrogens (tertiary/aromatic N) is 4. The number of aliphatic imine (C=N–C) groups is 1. The summed E-state index contributed by atoms with van der Waals surface area (Å²) in [4.78, 5) is 11.5. The molecule has 0 amide bonds. The molecule has 0 N–H and O–H groups in total. The van der Waals surface area contributed by atoms with Crippen molar-refractivity contribution in [1.82, 2.24) is 14.3 Å². The Bertz CT molecular complexity index is 1040. The summed E-state index contributed by atoms with van der Waals surface area (Å²) in [5.74, 6) is 1.52. The van der Waals surface area contributed by atoms with E-state index in [1.54, 1.807) is 0 Å². The molecule has 2 aromatic carbocycles. The van der Waals surface area contributed by atoms with Crippen molar-refractivity contribution in [2.24, 2.45) is 4.99 Å². The van der Waals surface area contributed by atoms with Crippen LogP contribution in [0.2, 0.25) is 5.02 Å². The minimum atomic E-state index is 0.541. The van der Waals surface area contributed by atoms with Crippen LogP contribution in [0.3, 0.4) is 0 Å². The van der Waals surface area contributed by atoms with Crippen molar-refractivity contribution in [3.63, 3.8) is 0 Å². The van der Waals surface area contributed by atoms with Crippen LogP contribution in [-0.4, -0.2) is 33.7 Å². The zero-order chi connectivity index (χ0) is 20.9. The first-order valence-corrected chi connectivity index (χ1v) is 11.4. The summed E-state index contributed by atoms with van der Waals surface area (Å²) in [6.45, 7) is 6.27. The summed E-state index contributed by atoms with van der Waals surface area (Å²) in [5.41, 5.74) is 4.16. The van der Waals surface area contributed by atoms with E-state index in [0.717, 1.165) is 47.0 Å². The van der Waals surface area contributed by atoms with Crippen molar-refractivity contribution in [3.8, 4) is 10.9 Å². The van der Waals surface area contributed by atoms with Gasteiger partial charge in [0.1, 0.15) is 5.75 Å². The van der Waals surface area contributed by atoms with Crippen LogP contribution in [0, 0.1) is 13.8 Å². The van der Waals surface area contributed by atoms with Crippen molar-refractivity contribution in [3.05, 3.63) is 63.9 Å². The minimum absolute atomic E-state index is 0.541. The van der Waals surface area contributed by atoms with Crippen LogP contribution in [0.5, 0.6) is 10.9 Å². The van der Waals surface area contributed by atoms with Gasteiger partial charge in [0.25, 0.3) is 5.19 Å². The van der Waals surface area contributed by atoms with Gasteiger partial charge in [-0.1, -0.05) is 23.7 Å². The molecular formula is C23H25ClN4OS. The number of aryl methyl sites for hydroxylation is 2. The van der Waals surface area contributed by atoms with Gasteiger partial charge in [0, 0.05) is 36.1 Å². The Morgan fingerprint density at radius 1 is 1.13 bits per heavy atom. The van der Waals surface area contributed by atoms with E-state index in [0.29, 0.717) is 16.6 Å². The fourth-order valence-electron chi connectivity index (χ4n) is 3.48. The third-order valence-corrected chi connectivity index (χ3v) is 6.01. The fourth-order valence-corrected chi connectivity index (χ4v) is 4.25. The Labute approximate surface area is 186 Å². The summed E-state index contributed by atoms with van der Waals surface area (Å²) < 4.78 is 10.5. The SMILES string of the molecule is Cc1cc(Oc2nc(Cc3cccc(Cl)c3)ns2)c(C)cc1N=CN1CCCCC1. The highest BCUT2D eigenvalue weighted by Crippen LogP contribution is 2.32. The van der Waals surface area contributed by atoms with Crippen molar-refractivity contribution in [1.29, 1.82) is 0 Å². The first-order chi connectivity index (χ1) is 14.6. The Morgan fingerprint density at radius 2 is 1.97 bits per heavy atom. The number of hydrogen-bond donors (Lipinski definition) is 0. The molecule has 0 atom stereocenters. The van der Waals surface area contributed by atoms with Crippen LogP contribution in [0.15, 0.2) is 41.4 Å². The van der Waals surface area contributed by atoms with E-state index in [4.69, 9.17) is 21.3 Å². The Balaban J connectivity index is 1.44. The van der Waals surface area contributed by atoms with Gasteiger partial charge in [-0.05, 0) is 74.1 Å². The molecule has 0 aliphatic carbocycles. The van der Waals surface area contributed by atoms with E-state index >= 15 is 0 Å². The number of halogens is 1. The van der Waals surface area contributed by atoms with Crippen molar-refractivity contribution in [2.45, 2.75) is 39.5 Å². The van der Waals surface area contributed by atoms with E-state index in [9.17, 15) is 0 Å². The molecule has 1 aliphatic heterocycles. The second kappa shape index (κ2) is 9.58. The summed E-state index contributed by atoms with van der Waals surface area (Å²) in [6.07, 6.45) is 6.42. The molecule has 3 aromatic rings. The molecule has 5 nitrogen and oxygen atoms in total. The van der Waals surface area contributed by atoms with Gasteiger partial charge in [0.15, 0.2) is 5.82 Å². The first kappa shape index (κ1) is 20.8. The lowest BCUT2D eigenvalue weighted by molar-refractivity contribution is 0.351. The summed E-state index contributed by atoms with van der Waals surface area (Å²) in [5, 5.41) is 1.26. The smallest absolute Gasteiger partial charge is 0.298 e. The molecule has 1 aliphatic rings. The monoisotopic (exact) mass is 440 g/mol. The maximum Gasteiger partial charge on any atom is 0.298 e. The van der Waals surface area contributed by atoms with Crippen molar-refractivity contribution < 1.29 is 4.74 Å². The number of benzene rings is 2. The molecule has 4 rings (SSSR count). The lowest BCUT2D eigenvalue weighted by atomic mass is 10.1. The van der Waals surface area contributed by atoms with E-state index in [-0.39, 0.29) is 0 Å². The summed E-state index contributed by atoms with van der Waals surface area (Å²) in [6, 6.07) is 11.8. The molecule has 0 radical (unpaired) electrons. The third-order valence-electron chi connectivity index (χ3n) is 5.14. The highest BCUT2D eigenvalue weighted by molar-refractivity contribution is 7.07. The zero-order valence-corrected chi connectivity index (χ0v) is 18.8. The lowest BCUT2D eigenvalue weighted by Crippen LogP contribution is -2.28. The van der Waals surface area contributed by atoms with Gasteiger partial charge in [0.05, 0.1) is 12.0 Å². The molecule has 156 valence electrons. The zero-order valence-electron chi connectivity index (χ0n) is 17.3. The first-order valence-electron chi connectivity index (χ1n) is 10.2. The Kier molecular flexibility index (Phi) is 6.65. The Morgan fingerprint density at radius 3 is 2.77 bits per heavy atom. The Hall–Kier alpha value is -2.44. The van der Waals surface area contributed by atoms with Crippen LogP contribution in [0.25, 0.3) is 0 Å². The van der Waals surface area contributed by atoms with Gasteiger partial charge >= 0.3 is 0 Å².